The van der Waals surface area contributed by atoms with Crippen molar-refractivity contribution >= 4 is 23.1 Å². The highest BCUT2D eigenvalue weighted by Gasteiger charge is 2.29. The molecule has 0 bridgehead atoms. The Hall–Kier alpha value is -3.41. The third kappa shape index (κ3) is 5.56. The van der Waals surface area contributed by atoms with E-state index in [-0.39, 0.29) is 17.0 Å². The van der Waals surface area contributed by atoms with Crippen molar-refractivity contribution in [3.8, 4) is 11.8 Å². The Labute approximate surface area is 203 Å². The number of anilines is 2. The van der Waals surface area contributed by atoms with Gasteiger partial charge in [-0.25, -0.2) is 14.4 Å². The number of nitrogen functional groups attached to an aromatic ring is 1. The van der Waals surface area contributed by atoms with E-state index in [9.17, 15) is 9.65 Å². The van der Waals surface area contributed by atoms with Gasteiger partial charge in [-0.15, -0.1) is 0 Å². The van der Waals surface area contributed by atoms with Crippen molar-refractivity contribution in [2.24, 2.45) is 0 Å². The predicted molar refractivity (Wildman–Crippen MR) is 130 cm³/mol. The van der Waals surface area contributed by atoms with Gasteiger partial charge in [0.2, 0.25) is 5.28 Å². The topological polar surface area (TPSA) is 100 Å². The second-order valence-electron chi connectivity index (χ2n) is 8.36. The van der Waals surface area contributed by atoms with Crippen LogP contribution in [0.3, 0.4) is 0 Å². The van der Waals surface area contributed by atoms with E-state index in [0.29, 0.717) is 36.7 Å². The molecule has 9 heteroatoms. The first-order valence-electron chi connectivity index (χ1n) is 11.1. The molecule has 176 valence electrons. The summed E-state index contributed by atoms with van der Waals surface area (Å²) in [6, 6.07) is 13.6. The number of likely N-dealkylation sites (N-methyl/N-ethyl adjacent to an activating group) is 1. The first kappa shape index (κ1) is 23.7. The SMILES string of the molecule is CN1Cc2c(NCCCCOc3cc(N)ccc3C#N)nc(Cl)nc2C(c2ccc(F)cc2)C1. The standard InChI is InChI=1S/C25H26ClFN6O/c1-33-14-20(16-4-7-18(27)8-5-16)23-21(15-33)24(32-25(26)31-23)30-10-2-3-11-34-22-12-19(29)9-6-17(22)13-28/h4-9,12,20H,2-3,10-11,14-15,29H2,1H3,(H,30,31,32). The van der Waals surface area contributed by atoms with E-state index in [1.54, 1.807) is 30.3 Å². The third-order valence-corrected chi connectivity index (χ3v) is 5.95. The number of nitrogens with two attached hydrogens (primary N) is 1. The van der Waals surface area contributed by atoms with Crippen molar-refractivity contribution in [1.82, 2.24) is 14.9 Å². The Morgan fingerprint density at radius 1 is 1.24 bits per heavy atom. The van der Waals surface area contributed by atoms with Crippen LogP contribution in [-0.2, 0) is 6.54 Å². The molecule has 2 heterocycles. The van der Waals surface area contributed by atoms with Gasteiger partial charge in [-0.2, -0.15) is 5.26 Å². The molecule has 0 radical (unpaired) electrons. The molecule has 1 atom stereocenters. The molecule has 0 saturated carbocycles. The highest BCUT2D eigenvalue weighted by molar-refractivity contribution is 6.28. The zero-order chi connectivity index (χ0) is 24.1. The summed E-state index contributed by atoms with van der Waals surface area (Å²) >= 11 is 6.28. The van der Waals surface area contributed by atoms with Gasteiger partial charge < -0.3 is 20.7 Å². The number of aromatic nitrogens is 2. The molecule has 2 aromatic carbocycles. The number of nitrogens with one attached hydrogen (secondary N) is 1. The highest BCUT2D eigenvalue weighted by atomic mass is 35.5. The van der Waals surface area contributed by atoms with Gasteiger partial charge in [0.15, 0.2) is 0 Å². The second-order valence-corrected chi connectivity index (χ2v) is 8.69. The van der Waals surface area contributed by atoms with E-state index in [2.05, 4.69) is 26.3 Å². The molecule has 1 aliphatic rings. The fourth-order valence-electron chi connectivity index (χ4n) is 4.12. The van der Waals surface area contributed by atoms with Crippen LogP contribution in [0.4, 0.5) is 15.9 Å². The van der Waals surface area contributed by atoms with Crippen LogP contribution < -0.4 is 15.8 Å². The molecule has 0 fully saturated rings. The highest BCUT2D eigenvalue weighted by Crippen LogP contribution is 2.35. The van der Waals surface area contributed by atoms with Gasteiger partial charge in [0.05, 0.1) is 17.9 Å². The molecular formula is C25H26ClFN6O. The van der Waals surface area contributed by atoms with Crippen molar-refractivity contribution in [2.75, 3.05) is 37.8 Å². The van der Waals surface area contributed by atoms with Crippen LogP contribution in [0.5, 0.6) is 5.75 Å². The van der Waals surface area contributed by atoms with Gasteiger partial charge >= 0.3 is 0 Å². The number of benzene rings is 2. The number of rotatable bonds is 8. The molecule has 0 amide bonds. The molecule has 1 aliphatic heterocycles. The number of ether oxygens (including phenoxy) is 1. The average Bonchev–Trinajstić information content (AvgIpc) is 2.82. The maximum Gasteiger partial charge on any atom is 0.224 e. The summed E-state index contributed by atoms with van der Waals surface area (Å²) in [5.74, 6) is 0.940. The molecule has 1 aromatic heterocycles. The first-order valence-corrected chi connectivity index (χ1v) is 11.5. The number of fused-ring (bicyclic) bond motifs is 1. The van der Waals surface area contributed by atoms with Crippen molar-refractivity contribution in [2.45, 2.75) is 25.3 Å². The monoisotopic (exact) mass is 480 g/mol. The second kappa shape index (κ2) is 10.7. The van der Waals surface area contributed by atoms with Crippen LogP contribution in [0.2, 0.25) is 5.28 Å². The Kier molecular flexibility index (Phi) is 7.46. The van der Waals surface area contributed by atoms with Crippen LogP contribution in [0, 0.1) is 17.1 Å². The Balaban J connectivity index is 1.39. The molecular weight excluding hydrogens is 455 g/mol. The fourth-order valence-corrected chi connectivity index (χ4v) is 4.30. The molecule has 3 N–H and O–H groups in total. The van der Waals surface area contributed by atoms with Crippen molar-refractivity contribution < 1.29 is 9.13 Å². The normalized spacial score (nSPS) is 15.4. The number of nitrogens with zero attached hydrogens (tertiary/aromatic N) is 4. The fraction of sp³-hybridized carbons (Fsp3) is 0.320. The summed E-state index contributed by atoms with van der Waals surface area (Å²) in [6.45, 7) is 2.60. The van der Waals surface area contributed by atoms with Crippen LogP contribution in [0.15, 0.2) is 42.5 Å². The molecule has 7 nitrogen and oxygen atoms in total. The Bertz CT molecular complexity index is 1200. The van der Waals surface area contributed by atoms with E-state index in [4.69, 9.17) is 22.1 Å². The van der Waals surface area contributed by atoms with Gasteiger partial charge in [0.25, 0.3) is 0 Å². The lowest BCUT2D eigenvalue weighted by Gasteiger charge is -2.32. The molecule has 3 aromatic rings. The minimum absolute atomic E-state index is 0.0172. The molecule has 34 heavy (non-hydrogen) atoms. The third-order valence-electron chi connectivity index (χ3n) is 5.78. The number of nitriles is 1. The maximum absolute atomic E-state index is 13.4. The molecule has 0 aliphatic carbocycles. The summed E-state index contributed by atoms with van der Waals surface area (Å²) in [7, 11) is 2.04. The molecule has 1 unspecified atom stereocenters. The van der Waals surface area contributed by atoms with Crippen molar-refractivity contribution in [1.29, 1.82) is 5.26 Å². The Morgan fingerprint density at radius 2 is 2.03 bits per heavy atom. The average molecular weight is 481 g/mol. The van der Waals surface area contributed by atoms with E-state index in [0.717, 1.165) is 42.0 Å². The van der Waals surface area contributed by atoms with E-state index >= 15 is 0 Å². The zero-order valence-electron chi connectivity index (χ0n) is 18.9. The summed E-state index contributed by atoms with van der Waals surface area (Å²) in [6.07, 6.45) is 1.61. The maximum atomic E-state index is 13.4. The lowest BCUT2D eigenvalue weighted by Crippen LogP contribution is -2.33. The van der Waals surface area contributed by atoms with Crippen LogP contribution >= 0.6 is 11.6 Å². The van der Waals surface area contributed by atoms with Gasteiger partial charge in [-0.05, 0) is 61.3 Å². The van der Waals surface area contributed by atoms with Gasteiger partial charge in [-0.1, -0.05) is 12.1 Å². The van der Waals surface area contributed by atoms with Crippen molar-refractivity contribution in [3.05, 3.63) is 75.9 Å². The van der Waals surface area contributed by atoms with E-state index < -0.39 is 0 Å². The largest absolute Gasteiger partial charge is 0.492 e. The lowest BCUT2D eigenvalue weighted by molar-refractivity contribution is 0.291. The smallest absolute Gasteiger partial charge is 0.224 e. The molecule has 0 saturated heterocycles. The summed E-state index contributed by atoms with van der Waals surface area (Å²) in [5.41, 5.74) is 9.68. The van der Waals surface area contributed by atoms with Crippen LogP contribution in [0.25, 0.3) is 0 Å². The zero-order valence-corrected chi connectivity index (χ0v) is 19.6. The summed E-state index contributed by atoms with van der Waals surface area (Å²) < 4.78 is 19.2. The number of hydrogen-bond donors (Lipinski definition) is 2. The number of unbranched alkanes of at least 4 members (excludes halogenated alkanes) is 1. The molecule has 0 spiro atoms. The Morgan fingerprint density at radius 3 is 2.79 bits per heavy atom. The van der Waals surface area contributed by atoms with Crippen LogP contribution in [-0.4, -0.2) is 41.6 Å². The van der Waals surface area contributed by atoms with E-state index in [1.165, 1.54) is 12.1 Å². The van der Waals surface area contributed by atoms with Gasteiger partial charge in [0.1, 0.15) is 23.5 Å². The quantitative estimate of drug-likeness (QED) is 0.276. The number of halogens is 2. The van der Waals surface area contributed by atoms with Crippen molar-refractivity contribution in [3.63, 3.8) is 0 Å². The lowest BCUT2D eigenvalue weighted by atomic mass is 9.89. The van der Waals surface area contributed by atoms with Gasteiger partial charge in [0, 0.05) is 42.9 Å². The first-order chi connectivity index (χ1) is 16.4. The summed E-state index contributed by atoms with van der Waals surface area (Å²) in [4.78, 5) is 11.2. The molecule has 4 rings (SSSR count). The predicted octanol–water partition coefficient (Wildman–Crippen LogP) is 4.57. The van der Waals surface area contributed by atoms with Gasteiger partial charge in [-0.3, -0.25) is 0 Å². The minimum Gasteiger partial charge on any atom is -0.492 e. The van der Waals surface area contributed by atoms with E-state index in [1.807, 2.05) is 7.05 Å². The summed E-state index contributed by atoms with van der Waals surface area (Å²) in [5, 5.41) is 12.8. The minimum atomic E-state index is -0.264. The van der Waals surface area contributed by atoms with Crippen LogP contribution in [0.1, 0.15) is 41.1 Å². The number of hydrogen-bond acceptors (Lipinski definition) is 7.